The lowest BCUT2D eigenvalue weighted by molar-refractivity contribution is -0.118. The average molecular weight is 394 g/mol. The van der Waals surface area contributed by atoms with Crippen LogP contribution in [0, 0.1) is 5.41 Å². The molecule has 1 aromatic heterocycles. The third-order valence-electron chi connectivity index (χ3n) is 3.96. The first kappa shape index (κ1) is 18.6. The van der Waals surface area contributed by atoms with Crippen molar-refractivity contribution >= 4 is 40.8 Å². The average Bonchev–Trinajstić information content (AvgIpc) is 2.52. The Hall–Kier alpha value is -2.18. The van der Waals surface area contributed by atoms with Crippen molar-refractivity contribution in [3.05, 3.63) is 45.7 Å². The summed E-state index contributed by atoms with van der Waals surface area (Å²) >= 11 is 11.8. The molecule has 6 nitrogen and oxygen atoms in total. The van der Waals surface area contributed by atoms with Crippen LogP contribution in [-0.4, -0.2) is 28.3 Å². The summed E-state index contributed by atoms with van der Waals surface area (Å²) < 4.78 is 5.38. The molecular formula is C18H17Cl2N3O3. The number of benzene rings is 1. The van der Waals surface area contributed by atoms with Gasteiger partial charge in [0.1, 0.15) is 5.75 Å². The molecule has 1 aromatic carbocycles. The minimum absolute atomic E-state index is 0.0230. The number of rotatable bonds is 4. The zero-order chi connectivity index (χ0) is 18.9. The van der Waals surface area contributed by atoms with E-state index < -0.39 is 5.91 Å². The largest absolute Gasteiger partial charge is 0.482 e. The SMILES string of the molecule is CC1(C)CC(=O)c2cnc(NC(=O)COc3ccc(Cl)cc3Cl)nc2C1. The number of aromatic nitrogens is 2. The second kappa shape index (κ2) is 7.21. The topological polar surface area (TPSA) is 81.2 Å². The summed E-state index contributed by atoms with van der Waals surface area (Å²) in [6.45, 7) is 3.77. The van der Waals surface area contributed by atoms with E-state index in [4.69, 9.17) is 27.9 Å². The fourth-order valence-corrected chi connectivity index (χ4v) is 3.25. The molecule has 26 heavy (non-hydrogen) atoms. The van der Waals surface area contributed by atoms with E-state index in [1.54, 1.807) is 12.1 Å². The number of halogens is 2. The van der Waals surface area contributed by atoms with Crippen molar-refractivity contribution in [1.82, 2.24) is 9.97 Å². The molecule has 1 heterocycles. The molecule has 8 heteroatoms. The van der Waals surface area contributed by atoms with E-state index in [1.807, 2.05) is 13.8 Å². The Morgan fingerprint density at radius 3 is 2.81 bits per heavy atom. The Labute approximate surface area is 160 Å². The van der Waals surface area contributed by atoms with E-state index >= 15 is 0 Å². The van der Waals surface area contributed by atoms with E-state index in [9.17, 15) is 9.59 Å². The number of carbonyl (C=O) groups excluding carboxylic acids is 2. The summed E-state index contributed by atoms with van der Waals surface area (Å²) in [5.74, 6) is 0.0854. The van der Waals surface area contributed by atoms with E-state index in [2.05, 4.69) is 15.3 Å². The molecule has 1 N–H and O–H groups in total. The van der Waals surface area contributed by atoms with Gasteiger partial charge in [0.15, 0.2) is 12.4 Å². The Bertz CT molecular complexity index is 884. The van der Waals surface area contributed by atoms with Gasteiger partial charge in [-0.25, -0.2) is 9.97 Å². The lowest BCUT2D eigenvalue weighted by atomic mass is 9.76. The highest BCUT2D eigenvalue weighted by molar-refractivity contribution is 6.35. The number of ketones is 1. The minimum atomic E-state index is -0.433. The number of amides is 1. The van der Waals surface area contributed by atoms with Crippen LogP contribution in [0.2, 0.25) is 10.0 Å². The highest BCUT2D eigenvalue weighted by Gasteiger charge is 2.32. The van der Waals surface area contributed by atoms with Crippen LogP contribution >= 0.6 is 23.2 Å². The first-order chi connectivity index (χ1) is 12.2. The first-order valence-electron chi connectivity index (χ1n) is 8.00. The van der Waals surface area contributed by atoms with Crippen LogP contribution in [0.15, 0.2) is 24.4 Å². The highest BCUT2D eigenvalue weighted by Crippen LogP contribution is 2.33. The smallest absolute Gasteiger partial charge is 0.264 e. The van der Waals surface area contributed by atoms with E-state index in [0.29, 0.717) is 39.9 Å². The van der Waals surface area contributed by atoms with Crippen LogP contribution in [-0.2, 0) is 11.2 Å². The van der Waals surface area contributed by atoms with E-state index in [1.165, 1.54) is 12.3 Å². The number of hydrogen-bond acceptors (Lipinski definition) is 5. The van der Waals surface area contributed by atoms with Gasteiger partial charge in [-0.1, -0.05) is 37.0 Å². The molecule has 2 aromatic rings. The molecule has 0 spiro atoms. The fraction of sp³-hybridized carbons (Fsp3) is 0.333. The highest BCUT2D eigenvalue weighted by atomic mass is 35.5. The molecule has 0 saturated heterocycles. The predicted molar refractivity (Wildman–Crippen MR) is 99.1 cm³/mol. The molecule has 136 valence electrons. The molecule has 0 fully saturated rings. The summed E-state index contributed by atoms with van der Waals surface area (Å²) in [5.41, 5.74) is 1.01. The molecule has 1 aliphatic rings. The van der Waals surface area contributed by atoms with Crippen molar-refractivity contribution in [2.75, 3.05) is 11.9 Å². The maximum absolute atomic E-state index is 12.1. The molecular weight excluding hydrogens is 377 g/mol. The number of fused-ring (bicyclic) bond motifs is 1. The normalized spacial score (nSPS) is 15.3. The standard InChI is InChI=1S/C18H17Cl2N3O3/c1-18(2)6-13-11(14(24)7-18)8-21-17(22-13)23-16(25)9-26-15-4-3-10(19)5-12(15)20/h3-5,8H,6-7,9H2,1-2H3,(H,21,22,23,25). The quantitative estimate of drug-likeness (QED) is 0.849. The third kappa shape index (κ3) is 4.31. The van der Waals surface area contributed by atoms with Crippen LogP contribution in [0.4, 0.5) is 5.95 Å². The van der Waals surface area contributed by atoms with Crippen molar-refractivity contribution in [1.29, 1.82) is 0 Å². The maximum Gasteiger partial charge on any atom is 0.264 e. The Morgan fingerprint density at radius 2 is 2.08 bits per heavy atom. The van der Waals surface area contributed by atoms with Crippen molar-refractivity contribution in [3.8, 4) is 5.75 Å². The van der Waals surface area contributed by atoms with Crippen molar-refractivity contribution < 1.29 is 14.3 Å². The van der Waals surface area contributed by atoms with Crippen LogP contribution in [0.5, 0.6) is 5.75 Å². The van der Waals surface area contributed by atoms with Crippen molar-refractivity contribution in [2.45, 2.75) is 26.7 Å². The van der Waals surface area contributed by atoms with Gasteiger partial charge in [0, 0.05) is 17.6 Å². The third-order valence-corrected chi connectivity index (χ3v) is 4.49. The number of nitrogens with one attached hydrogen (secondary N) is 1. The number of hydrogen-bond donors (Lipinski definition) is 1. The zero-order valence-electron chi connectivity index (χ0n) is 14.3. The Balaban J connectivity index is 1.66. The van der Waals surface area contributed by atoms with Gasteiger partial charge in [-0.05, 0) is 30.0 Å². The second-order valence-electron chi connectivity index (χ2n) is 6.91. The lowest BCUT2D eigenvalue weighted by Crippen LogP contribution is -2.29. The number of anilines is 1. The van der Waals surface area contributed by atoms with Gasteiger partial charge < -0.3 is 4.74 Å². The Kier molecular flexibility index (Phi) is 5.16. The van der Waals surface area contributed by atoms with Crippen LogP contribution in [0.25, 0.3) is 0 Å². The molecule has 0 bridgehead atoms. The van der Waals surface area contributed by atoms with Gasteiger partial charge in [-0.3, -0.25) is 14.9 Å². The van der Waals surface area contributed by atoms with Gasteiger partial charge >= 0.3 is 0 Å². The van der Waals surface area contributed by atoms with E-state index in [0.717, 1.165) is 0 Å². The van der Waals surface area contributed by atoms with Gasteiger partial charge in [0.2, 0.25) is 5.95 Å². The zero-order valence-corrected chi connectivity index (χ0v) is 15.8. The summed E-state index contributed by atoms with van der Waals surface area (Å²) in [5, 5.41) is 3.36. The van der Waals surface area contributed by atoms with Gasteiger partial charge in [-0.15, -0.1) is 0 Å². The maximum atomic E-state index is 12.1. The van der Waals surface area contributed by atoms with Gasteiger partial charge in [0.25, 0.3) is 5.91 Å². The molecule has 3 rings (SSSR count). The summed E-state index contributed by atoms with van der Waals surface area (Å²) in [4.78, 5) is 32.6. The number of nitrogens with zero attached hydrogens (tertiary/aromatic N) is 2. The van der Waals surface area contributed by atoms with Crippen LogP contribution in [0.1, 0.15) is 36.3 Å². The monoisotopic (exact) mass is 393 g/mol. The van der Waals surface area contributed by atoms with Crippen molar-refractivity contribution in [2.24, 2.45) is 5.41 Å². The number of carbonyl (C=O) groups is 2. The molecule has 1 amide bonds. The molecule has 0 saturated carbocycles. The summed E-state index contributed by atoms with van der Waals surface area (Å²) in [6.07, 6.45) is 2.58. The molecule has 0 atom stereocenters. The van der Waals surface area contributed by atoms with Gasteiger partial charge in [-0.2, -0.15) is 0 Å². The first-order valence-corrected chi connectivity index (χ1v) is 8.76. The van der Waals surface area contributed by atoms with Crippen LogP contribution in [0.3, 0.4) is 0 Å². The molecule has 0 aliphatic heterocycles. The predicted octanol–water partition coefficient (Wildman–Crippen LogP) is 3.96. The Morgan fingerprint density at radius 1 is 1.31 bits per heavy atom. The lowest BCUT2D eigenvalue weighted by Gasteiger charge is -2.29. The minimum Gasteiger partial charge on any atom is -0.482 e. The summed E-state index contributed by atoms with van der Waals surface area (Å²) in [6, 6.07) is 4.73. The summed E-state index contributed by atoms with van der Waals surface area (Å²) in [7, 11) is 0. The molecule has 0 unspecified atom stereocenters. The van der Waals surface area contributed by atoms with Crippen molar-refractivity contribution in [3.63, 3.8) is 0 Å². The fourth-order valence-electron chi connectivity index (χ4n) is 2.79. The second-order valence-corrected chi connectivity index (χ2v) is 7.75. The molecule has 0 radical (unpaired) electrons. The van der Waals surface area contributed by atoms with E-state index in [-0.39, 0.29) is 23.8 Å². The number of Topliss-reactive ketones (excluding diaryl/α,β-unsaturated/α-hetero) is 1. The molecule has 1 aliphatic carbocycles. The number of ether oxygens (including phenoxy) is 1. The van der Waals surface area contributed by atoms with Gasteiger partial charge in [0.05, 0.1) is 16.3 Å². The van der Waals surface area contributed by atoms with Crippen LogP contribution < -0.4 is 10.1 Å².